The molecule has 146 valence electrons. The van der Waals surface area contributed by atoms with Crippen molar-refractivity contribution in [3.63, 3.8) is 0 Å². The van der Waals surface area contributed by atoms with Gasteiger partial charge < -0.3 is 14.9 Å². The standard InChI is InChI=1S/C20H30ClFN2O2/c1-4-6-9-23(3)12-16-14(5-2)11-24(19(16)13-25)20(26)15-7-8-18(22)17(21)10-15/h7-8,10,14,16,19,25H,4-6,9,11-13H2,1-3H3/t14-,16-,19-/m1/s1. The lowest BCUT2D eigenvalue weighted by Crippen LogP contribution is -2.43. The average molecular weight is 385 g/mol. The quantitative estimate of drug-likeness (QED) is 0.743. The molecule has 6 heteroatoms. The molecule has 0 radical (unpaired) electrons. The molecule has 1 N–H and O–H groups in total. The molecule has 1 fully saturated rings. The van der Waals surface area contributed by atoms with Gasteiger partial charge in [-0.2, -0.15) is 0 Å². The van der Waals surface area contributed by atoms with E-state index in [1.807, 2.05) is 0 Å². The molecule has 0 aliphatic carbocycles. The van der Waals surface area contributed by atoms with Crippen LogP contribution in [-0.4, -0.2) is 60.1 Å². The maximum atomic E-state index is 13.4. The highest BCUT2D eigenvalue weighted by Gasteiger charge is 2.43. The van der Waals surface area contributed by atoms with Crippen molar-refractivity contribution in [2.24, 2.45) is 11.8 Å². The fourth-order valence-corrected chi connectivity index (χ4v) is 4.09. The molecule has 1 aromatic carbocycles. The number of aliphatic hydroxyl groups is 1. The molecule has 0 bridgehead atoms. The van der Waals surface area contributed by atoms with Crippen molar-refractivity contribution < 1.29 is 14.3 Å². The van der Waals surface area contributed by atoms with E-state index in [2.05, 4.69) is 25.8 Å². The van der Waals surface area contributed by atoms with Gasteiger partial charge in [0.05, 0.1) is 17.7 Å². The third-order valence-corrected chi connectivity index (χ3v) is 5.78. The summed E-state index contributed by atoms with van der Waals surface area (Å²) in [5.74, 6) is -0.156. The van der Waals surface area contributed by atoms with Gasteiger partial charge in [-0.05, 0) is 50.0 Å². The van der Waals surface area contributed by atoms with Crippen LogP contribution < -0.4 is 0 Å². The Balaban J connectivity index is 2.17. The van der Waals surface area contributed by atoms with E-state index >= 15 is 0 Å². The largest absolute Gasteiger partial charge is 0.394 e. The molecule has 1 heterocycles. The Morgan fingerprint density at radius 3 is 2.73 bits per heavy atom. The van der Waals surface area contributed by atoms with E-state index in [4.69, 9.17) is 11.6 Å². The second-order valence-corrected chi connectivity index (χ2v) is 7.69. The minimum Gasteiger partial charge on any atom is -0.394 e. The van der Waals surface area contributed by atoms with Gasteiger partial charge in [0, 0.05) is 18.7 Å². The molecule has 0 saturated carbocycles. The van der Waals surface area contributed by atoms with Crippen LogP contribution in [0.15, 0.2) is 18.2 Å². The Labute approximate surface area is 160 Å². The predicted molar refractivity (Wildman–Crippen MR) is 103 cm³/mol. The fourth-order valence-electron chi connectivity index (χ4n) is 3.91. The summed E-state index contributed by atoms with van der Waals surface area (Å²) >= 11 is 5.84. The van der Waals surface area contributed by atoms with Crippen molar-refractivity contribution in [3.05, 3.63) is 34.6 Å². The topological polar surface area (TPSA) is 43.8 Å². The molecule has 3 atom stereocenters. The molecule has 0 unspecified atom stereocenters. The van der Waals surface area contributed by atoms with E-state index in [0.29, 0.717) is 18.0 Å². The van der Waals surface area contributed by atoms with Crippen LogP contribution in [0.5, 0.6) is 0 Å². The highest BCUT2D eigenvalue weighted by molar-refractivity contribution is 6.31. The molecule has 1 saturated heterocycles. The predicted octanol–water partition coefficient (Wildman–Crippen LogP) is 3.67. The van der Waals surface area contributed by atoms with Gasteiger partial charge in [0.1, 0.15) is 5.82 Å². The first-order chi connectivity index (χ1) is 12.4. The van der Waals surface area contributed by atoms with Crippen molar-refractivity contribution >= 4 is 17.5 Å². The summed E-state index contributed by atoms with van der Waals surface area (Å²) in [5.41, 5.74) is 0.365. The molecule has 0 spiro atoms. The number of rotatable bonds is 8. The van der Waals surface area contributed by atoms with E-state index in [9.17, 15) is 14.3 Å². The average Bonchev–Trinajstić information content (AvgIpc) is 2.98. The first kappa shape index (κ1) is 21.1. The zero-order valence-corrected chi connectivity index (χ0v) is 16.7. The van der Waals surface area contributed by atoms with E-state index in [1.54, 1.807) is 4.90 Å². The van der Waals surface area contributed by atoms with E-state index in [1.165, 1.54) is 18.2 Å². The van der Waals surface area contributed by atoms with Crippen LogP contribution in [0.4, 0.5) is 4.39 Å². The molecule has 26 heavy (non-hydrogen) atoms. The molecular weight excluding hydrogens is 355 g/mol. The number of amides is 1. The molecule has 2 rings (SSSR count). The van der Waals surface area contributed by atoms with E-state index in [-0.39, 0.29) is 29.5 Å². The van der Waals surface area contributed by atoms with Crippen molar-refractivity contribution in [2.45, 2.75) is 39.2 Å². The number of aliphatic hydroxyl groups excluding tert-OH is 1. The Morgan fingerprint density at radius 2 is 2.15 bits per heavy atom. The van der Waals surface area contributed by atoms with E-state index < -0.39 is 5.82 Å². The fraction of sp³-hybridized carbons (Fsp3) is 0.650. The van der Waals surface area contributed by atoms with Gasteiger partial charge in [-0.3, -0.25) is 4.79 Å². The monoisotopic (exact) mass is 384 g/mol. The Kier molecular flexibility index (Phi) is 7.86. The van der Waals surface area contributed by atoms with Crippen molar-refractivity contribution in [3.8, 4) is 0 Å². The third-order valence-electron chi connectivity index (χ3n) is 5.49. The number of carbonyl (C=O) groups excluding carboxylic acids is 1. The number of hydrogen-bond acceptors (Lipinski definition) is 3. The smallest absolute Gasteiger partial charge is 0.254 e. The van der Waals surface area contributed by atoms with Crippen LogP contribution in [0, 0.1) is 17.7 Å². The molecule has 1 aliphatic rings. The lowest BCUT2D eigenvalue weighted by atomic mass is 9.88. The van der Waals surface area contributed by atoms with Gasteiger partial charge in [0.2, 0.25) is 0 Å². The highest BCUT2D eigenvalue weighted by Crippen LogP contribution is 2.34. The first-order valence-corrected chi connectivity index (χ1v) is 9.86. The van der Waals surface area contributed by atoms with Gasteiger partial charge in [-0.25, -0.2) is 4.39 Å². The number of benzene rings is 1. The van der Waals surface area contributed by atoms with Crippen LogP contribution in [0.25, 0.3) is 0 Å². The minimum atomic E-state index is -0.537. The zero-order chi connectivity index (χ0) is 19.3. The van der Waals surface area contributed by atoms with Gasteiger partial charge >= 0.3 is 0 Å². The van der Waals surface area contributed by atoms with Crippen LogP contribution in [0.3, 0.4) is 0 Å². The van der Waals surface area contributed by atoms with Gasteiger partial charge in [0.25, 0.3) is 5.91 Å². The summed E-state index contributed by atoms with van der Waals surface area (Å²) in [4.78, 5) is 17.0. The van der Waals surface area contributed by atoms with Crippen molar-refractivity contribution in [1.82, 2.24) is 9.80 Å². The molecule has 1 amide bonds. The SMILES string of the molecule is CCCCN(C)C[C@@H]1[C@H](CC)CN(C(=O)c2ccc(F)c(Cl)c2)[C@@H]1CO. The molecule has 0 aromatic heterocycles. The summed E-state index contributed by atoms with van der Waals surface area (Å²) in [6.07, 6.45) is 3.24. The lowest BCUT2D eigenvalue weighted by Gasteiger charge is -2.30. The number of carbonyl (C=O) groups is 1. The van der Waals surface area contributed by atoms with E-state index in [0.717, 1.165) is 32.4 Å². The van der Waals surface area contributed by atoms with Crippen LogP contribution >= 0.6 is 11.6 Å². The zero-order valence-electron chi connectivity index (χ0n) is 15.9. The molecule has 1 aromatic rings. The number of nitrogens with zero attached hydrogens (tertiary/aromatic N) is 2. The normalized spacial score (nSPS) is 23.0. The number of halogens is 2. The highest BCUT2D eigenvalue weighted by atomic mass is 35.5. The third kappa shape index (κ3) is 4.76. The number of likely N-dealkylation sites (tertiary alicyclic amines) is 1. The summed E-state index contributed by atoms with van der Waals surface area (Å²) in [5, 5.41) is 9.95. The maximum Gasteiger partial charge on any atom is 0.254 e. The summed E-state index contributed by atoms with van der Waals surface area (Å²) < 4.78 is 13.4. The van der Waals surface area contributed by atoms with Crippen LogP contribution in [0.1, 0.15) is 43.5 Å². The van der Waals surface area contributed by atoms with Crippen molar-refractivity contribution in [2.75, 3.05) is 33.3 Å². The Hall–Kier alpha value is -1.17. The summed E-state index contributed by atoms with van der Waals surface area (Å²) in [7, 11) is 2.10. The summed E-state index contributed by atoms with van der Waals surface area (Å²) in [6.45, 7) is 6.72. The number of unbranched alkanes of at least 4 members (excludes halogenated alkanes) is 1. The minimum absolute atomic E-state index is 0.0570. The van der Waals surface area contributed by atoms with Crippen molar-refractivity contribution in [1.29, 1.82) is 0 Å². The number of hydrogen-bond donors (Lipinski definition) is 1. The maximum absolute atomic E-state index is 13.4. The Morgan fingerprint density at radius 1 is 1.42 bits per heavy atom. The van der Waals surface area contributed by atoms with Crippen LogP contribution in [0.2, 0.25) is 5.02 Å². The summed E-state index contributed by atoms with van der Waals surface area (Å²) in [6, 6.07) is 3.82. The van der Waals surface area contributed by atoms with Gasteiger partial charge in [-0.1, -0.05) is 38.3 Å². The molecular formula is C20H30ClFN2O2. The molecule has 4 nitrogen and oxygen atoms in total. The van der Waals surface area contributed by atoms with Gasteiger partial charge in [-0.15, -0.1) is 0 Å². The molecule has 1 aliphatic heterocycles. The first-order valence-electron chi connectivity index (χ1n) is 9.48. The second kappa shape index (κ2) is 9.67. The van der Waals surface area contributed by atoms with Crippen LogP contribution in [-0.2, 0) is 0 Å². The lowest BCUT2D eigenvalue weighted by molar-refractivity contribution is 0.0623. The Bertz CT molecular complexity index is 613. The van der Waals surface area contributed by atoms with Gasteiger partial charge in [0.15, 0.2) is 0 Å². The second-order valence-electron chi connectivity index (χ2n) is 7.28.